The molecule has 0 N–H and O–H groups in total. The lowest BCUT2D eigenvalue weighted by Gasteiger charge is -2.27. The molecule has 0 fully saturated rings. The Balaban J connectivity index is 1.56. The summed E-state index contributed by atoms with van der Waals surface area (Å²) >= 11 is 19.1. The number of aromatic nitrogens is 4. The Morgan fingerprint density at radius 1 is 0.865 bits per heavy atom. The number of ether oxygens (including phenoxy) is 1. The molecule has 3 aromatic carbocycles. The fourth-order valence-electron chi connectivity index (χ4n) is 4.71. The van der Waals surface area contributed by atoms with E-state index in [0.29, 0.717) is 71.4 Å². The van der Waals surface area contributed by atoms with Gasteiger partial charge in [-0.1, -0.05) is 65.1 Å². The highest BCUT2D eigenvalue weighted by Gasteiger charge is 2.37. The second kappa shape index (κ2) is 8.31. The molecule has 0 radical (unpaired) electrons. The Kier molecular flexibility index (Phi) is 5.01. The average molecular weight is 548 g/mol. The fourth-order valence-corrected chi connectivity index (χ4v) is 5.24. The molecule has 7 rings (SSSR count). The monoisotopic (exact) mass is 546 g/mol. The van der Waals surface area contributed by atoms with E-state index in [2.05, 4.69) is 10.1 Å². The lowest BCUT2D eigenvalue weighted by atomic mass is 9.84. The van der Waals surface area contributed by atoms with Crippen LogP contribution in [0.4, 0.5) is 0 Å². The predicted octanol–water partition coefficient (Wildman–Crippen LogP) is 7.14. The van der Waals surface area contributed by atoms with Gasteiger partial charge in [0.2, 0.25) is 5.88 Å². The first-order valence-corrected chi connectivity index (χ1v) is 12.3. The first-order valence-electron chi connectivity index (χ1n) is 11.2. The smallest absolute Gasteiger partial charge is 0.344 e. The third kappa shape index (κ3) is 3.43. The van der Waals surface area contributed by atoms with Crippen molar-refractivity contribution in [3.63, 3.8) is 0 Å². The van der Waals surface area contributed by atoms with Crippen molar-refractivity contribution in [2.45, 2.75) is 5.92 Å². The first kappa shape index (κ1) is 22.3. The second-order valence-corrected chi connectivity index (χ2v) is 9.71. The SMILES string of the molecule is O=c1oc2ccccc2c2c1C(c1ccc(Cl)c(Cl)c1)c1c(ncn3nc(-c4ccccc4Cl)nc13)O2. The number of fused-ring (bicyclic) bond motifs is 6. The molecule has 3 aromatic heterocycles. The average Bonchev–Trinajstić information content (AvgIpc) is 3.34. The van der Waals surface area contributed by atoms with E-state index < -0.39 is 11.5 Å². The van der Waals surface area contributed by atoms with Crippen LogP contribution in [-0.2, 0) is 0 Å². The van der Waals surface area contributed by atoms with Crippen LogP contribution in [0.5, 0.6) is 11.6 Å². The fraction of sp³-hybridized carbons (Fsp3) is 0.0370. The van der Waals surface area contributed by atoms with Gasteiger partial charge in [-0.05, 0) is 42.0 Å². The zero-order valence-corrected chi connectivity index (χ0v) is 20.9. The summed E-state index contributed by atoms with van der Waals surface area (Å²) in [5.41, 5.74) is 2.53. The van der Waals surface area contributed by atoms with E-state index in [0.717, 1.165) is 0 Å². The number of rotatable bonds is 2. The summed E-state index contributed by atoms with van der Waals surface area (Å²) in [6.45, 7) is 0. The Morgan fingerprint density at radius 3 is 2.51 bits per heavy atom. The Bertz CT molecular complexity index is 1950. The van der Waals surface area contributed by atoms with E-state index in [-0.39, 0.29) is 0 Å². The summed E-state index contributed by atoms with van der Waals surface area (Å²) < 4.78 is 13.5. The third-order valence-corrected chi connectivity index (χ3v) is 7.42. The van der Waals surface area contributed by atoms with E-state index in [9.17, 15) is 4.79 Å². The Hall–Kier alpha value is -3.91. The van der Waals surface area contributed by atoms with Gasteiger partial charge in [-0.15, -0.1) is 5.10 Å². The maximum atomic E-state index is 13.4. The molecule has 1 aliphatic rings. The number of halogens is 3. The number of benzene rings is 3. The molecule has 1 unspecified atom stereocenters. The Labute approximate surface area is 223 Å². The maximum Gasteiger partial charge on any atom is 0.344 e. The number of para-hydroxylation sites is 1. The van der Waals surface area contributed by atoms with Crippen LogP contribution in [0, 0.1) is 0 Å². The van der Waals surface area contributed by atoms with Gasteiger partial charge in [-0.2, -0.15) is 0 Å². The van der Waals surface area contributed by atoms with Gasteiger partial charge < -0.3 is 9.15 Å². The molecule has 6 aromatic rings. The van der Waals surface area contributed by atoms with Crippen molar-refractivity contribution in [3.05, 3.63) is 115 Å². The number of hydrogen-bond acceptors (Lipinski definition) is 6. The molecule has 1 aliphatic heterocycles. The van der Waals surface area contributed by atoms with Gasteiger partial charge in [0.15, 0.2) is 17.2 Å². The molecule has 0 amide bonds. The summed E-state index contributed by atoms with van der Waals surface area (Å²) in [6.07, 6.45) is 1.52. The van der Waals surface area contributed by atoms with Crippen LogP contribution in [0.2, 0.25) is 15.1 Å². The molecule has 0 saturated carbocycles. The maximum absolute atomic E-state index is 13.4. The standard InChI is InChI=1S/C27H13Cl3N4O3/c28-16-7-3-1-5-14(16)24-32-25-22-20(13-9-10-17(29)18(30)11-13)21-23(37-26(22)31-12-34(25)33-24)15-6-2-4-8-19(15)36-27(21)35/h1-12,20H. The molecule has 0 spiro atoms. The number of nitrogens with zero attached hydrogens (tertiary/aromatic N) is 4. The minimum absolute atomic E-state index is 0.296. The summed E-state index contributed by atoms with van der Waals surface area (Å²) in [5, 5.41) is 6.49. The van der Waals surface area contributed by atoms with Crippen LogP contribution >= 0.6 is 34.8 Å². The normalized spacial score (nSPS) is 14.4. The zero-order chi connectivity index (χ0) is 25.3. The number of hydrogen-bond donors (Lipinski definition) is 0. The van der Waals surface area contributed by atoms with Crippen molar-refractivity contribution in [2.24, 2.45) is 0 Å². The summed E-state index contributed by atoms with van der Waals surface area (Å²) in [4.78, 5) is 22.8. The molecule has 0 bridgehead atoms. The van der Waals surface area contributed by atoms with Crippen molar-refractivity contribution in [2.75, 3.05) is 0 Å². The van der Waals surface area contributed by atoms with Crippen LogP contribution in [0.15, 0.2) is 82.3 Å². The molecule has 180 valence electrons. The van der Waals surface area contributed by atoms with Crippen molar-refractivity contribution < 1.29 is 9.15 Å². The molecule has 0 saturated heterocycles. The van der Waals surface area contributed by atoms with E-state index in [1.165, 1.54) is 6.33 Å². The predicted molar refractivity (Wildman–Crippen MR) is 141 cm³/mol. The molecule has 0 aliphatic carbocycles. The van der Waals surface area contributed by atoms with E-state index in [1.54, 1.807) is 40.9 Å². The van der Waals surface area contributed by atoms with Crippen LogP contribution in [0.25, 0.3) is 28.0 Å². The van der Waals surface area contributed by atoms with Crippen LogP contribution in [0.1, 0.15) is 22.6 Å². The lowest BCUT2D eigenvalue weighted by molar-refractivity contribution is 0.422. The Morgan fingerprint density at radius 2 is 1.68 bits per heavy atom. The lowest BCUT2D eigenvalue weighted by Crippen LogP contribution is -2.22. The van der Waals surface area contributed by atoms with Crippen molar-refractivity contribution in [1.29, 1.82) is 0 Å². The van der Waals surface area contributed by atoms with Crippen molar-refractivity contribution in [3.8, 4) is 23.0 Å². The second-order valence-electron chi connectivity index (χ2n) is 8.48. The van der Waals surface area contributed by atoms with Gasteiger partial charge >= 0.3 is 5.63 Å². The largest absolute Gasteiger partial charge is 0.437 e. The highest BCUT2D eigenvalue weighted by molar-refractivity contribution is 6.42. The van der Waals surface area contributed by atoms with E-state index >= 15 is 0 Å². The van der Waals surface area contributed by atoms with Gasteiger partial charge in [-0.3, -0.25) is 0 Å². The minimum Gasteiger partial charge on any atom is -0.437 e. The molecular formula is C27H13Cl3N4O3. The molecule has 4 heterocycles. The topological polar surface area (TPSA) is 82.5 Å². The summed E-state index contributed by atoms with van der Waals surface area (Å²) in [7, 11) is 0. The highest BCUT2D eigenvalue weighted by atomic mass is 35.5. The van der Waals surface area contributed by atoms with Gasteiger partial charge in [0.05, 0.1) is 37.5 Å². The van der Waals surface area contributed by atoms with Crippen LogP contribution < -0.4 is 10.4 Å². The molecule has 7 nitrogen and oxygen atoms in total. The van der Waals surface area contributed by atoms with Crippen LogP contribution in [0.3, 0.4) is 0 Å². The molecular weight excluding hydrogens is 535 g/mol. The minimum atomic E-state index is -0.672. The van der Waals surface area contributed by atoms with Crippen LogP contribution in [-0.4, -0.2) is 19.6 Å². The zero-order valence-electron chi connectivity index (χ0n) is 18.7. The van der Waals surface area contributed by atoms with Gasteiger partial charge in [-0.25, -0.2) is 19.3 Å². The van der Waals surface area contributed by atoms with Gasteiger partial charge in [0, 0.05) is 5.56 Å². The van der Waals surface area contributed by atoms with Crippen molar-refractivity contribution >= 4 is 51.4 Å². The molecule has 10 heteroatoms. The quantitative estimate of drug-likeness (QED) is 0.214. The summed E-state index contributed by atoms with van der Waals surface area (Å²) in [6, 6.07) is 19.7. The third-order valence-electron chi connectivity index (χ3n) is 6.35. The van der Waals surface area contributed by atoms with Crippen molar-refractivity contribution in [1.82, 2.24) is 19.6 Å². The van der Waals surface area contributed by atoms with E-state index in [4.69, 9.17) is 48.9 Å². The van der Waals surface area contributed by atoms with Gasteiger partial charge in [0.1, 0.15) is 11.9 Å². The van der Waals surface area contributed by atoms with E-state index in [1.807, 2.05) is 30.3 Å². The molecule has 37 heavy (non-hydrogen) atoms. The molecule has 1 atom stereocenters. The highest BCUT2D eigenvalue weighted by Crippen LogP contribution is 2.49. The first-order chi connectivity index (χ1) is 18.0. The summed E-state index contributed by atoms with van der Waals surface area (Å²) in [5.74, 6) is 0.405. The van der Waals surface area contributed by atoms with Gasteiger partial charge in [0.25, 0.3) is 0 Å².